The van der Waals surface area contributed by atoms with Crippen LogP contribution in [0.25, 0.3) is 0 Å². The highest BCUT2D eigenvalue weighted by Crippen LogP contribution is 1.85. The molecule has 92 valence electrons. The second kappa shape index (κ2) is 7.67. The predicted molar refractivity (Wildman–Crippen MR) is 59.6 cm³/mol. The Hall–Kier alpha value is -1.59. The highest BCUT2D eigenvalue weighted by Gasteiger charge is 2.18. The van der Waals surface area contributed by atoms with Gasteiger partial charge in [-0.2, -0.15) is 0 Å². The molecule has 0 fully saturated rings. The minimum absolute atomic E-state index is 0.102. The lowest BCUT2D eigenvalue weighted by Gasteiger charge is -2.17. The molecular formula is C10H19N3O3. The molecule has 3 N–H and O–H groups in total. The third-order valence-corrected chi connectivity index (χ3v) is 1.80. The van der Waals surface area contributed by atoms with Gasteiger partial charge in [-0.1, -0.05) is 6.92 Å². The summed E-state index contributed by atoms with van der Waals surface area (Å²) >= 11 is 0. The summed E-state index contributed by atoms with van der Waals surface area (Å²) in [6, 6.07) is -0.715. The van der Waals surface area contributed by atoms with Gasteiger partial charge in [0.05, 0.1) is 0 Å². The van der Waals surface area contributed by atoms with E-state index in [1.54, 1.807) is 0 Å². The Morgan fingerprint density at radius 1 is 1.06 bits per heavy atom. The Labute approximate surface area is 95.2 Å². The van der Waals surface area contributed by atoms with Crippen molar-refractivity contribution in [3.63, 3.8) is 0 Å². The van der Waals surface area contributed by atoms with Gasteiger partial charge in [0, 0.05) is 26.9 Å². The Kier molecular flexibility index (Phi) is 6.91. The lowest BCUT2D eigenvalue weighted by Crippen LogP contribution is -2.52. The maximum Gasteiger partial charge on any atom is 0.244 e. The zero-order valence-corrected chi connectivity index (χ0v) is 9.92. The summed E-state index contributed by atoms with van der Waals surface area (Å²) in [4.78, 5) is 33.2. The molecule has 0 aliphatic heterocycles. The first-order valence-corrected chi connectivity index (χ1v) is 5.26. The predicted octanol–water partition coefficient (Wildman–Crippen LogP) is -0.847. The van der Waals surface area contributed by atoms with Gasteiger partial charge in [0.2, 0.25) is 17.7 Å². The maximum atomic E-state index is 11.6. The van der Waals surface area contributed by atoms with Crippen LogP contribution in [0.4, 0.5) is 0 Å². The molecule has 0 saturated carbocycles. The number of nitrogens with one attached hydrogen (secondary N) is 3. The summed E-state index contributed by atoms with van der Waals surface area (Å²) in [6.07, 6.45) is 0.818. The molecule has 0 aliphatic rings. The van der Waals surface area contributed by atoms with E-state index in [1.807, 2.05) is 6.92 Å². The molecule has 1 atom stereocenters. The quantitative estimate of drug-likeness (QED) is 0.554. The summed E-state index contributed by atoms with van der Waals surface area (Å²) in [5, 5.41) is 7.63. The second-order valence-electron chi connectivity index (χ2n) is 3.48. The van der Waals surface area contributed by atoms with Gasteiger partial charge in [0.1, 0.15) is 6.04 Å². The van der Waals surface area contributed by atoms with Crippen molar-refractivity contribution in [2.45, 2.75) is 33.2 Å². The Bertz CT molecular complexity index is 266. The topological polar surface area (TPSA) is 87.3 Å². The first kappa shape index (κ1) is 14.4. The minimum atomic E-state index is -0.715. The van der Waals surface area contributed by atoms with E-state index in [1.165, 1.54) is 13.8 Å². The fourth-order valence-electron chi connectivity index (χ4n) is 1.07. The van der Waals surface area contributed by atoms with Crippen LogP contribution in [0.15, 0.2) is 0 Å². The molecular weight excluding hydrogens is 210 g/mol. The monoisotopic (exact) mass is 229 g/mol. The van der Waals surface area contributed by atoms with Gasteiger partial charge in [-0.05, 0) is 6.42 Å². The molecule has 0 heterocycles. The summed E-state index contributed by atoms with van der Waals surface area (Å²) in [7, 11) is 0. The molecule has 16 heavy (non-hydrogen) atoms. The van der Waals surface area contributed by atoms with Gasteiger partial charge in [-0.15, -0.1) is 0 Å². The van der Waals surface area contributed by atoms with E-state index in [0.29, 0.717) is 6.54 Å². The average molecular weight is 229 g/mol. The van der Waals surface area contributed by atoms with Gasteiger partial charge in [0.15, 0.2) is 0 Å². The Balaban J connectivity index is 4.22. The third kappa shape index (κ3) is 6.80. The van der Waals surface area contributed by atoms with Crippen LogP contribution in [0, 0.1) is 0 Å². The highest BCUT2D eigenvalue weighted by molar-refractivity contribution is 5.87. The van der Waals surface area contributed by atoms with Crippen LogP contribution in [0.3, 0.4) is 0 Å². The van der Waals surface area contributed by atoms with E-state index in [4.69, 9.17) is 0 Å². The molecule has 0 rings (SSSR count). The van der Waals surface area contributed by atoms with Crippen LogP contribution >= 0.6 is 0 Å². The number of amides is 3. The zero-order chi connectivity index (χ0) is 12.6. The van der Waals surface area contributed by atoms with Gasteiger partial charge < -0.3 is 16.0 Å². The molecule has 6 nitrogen and oxygen atoms in total. The van der Waals surface area contributed by atoms with E-state index in [0.717, 1.165) is 6.42 Å². The molecule has 0 radical (unpaired) electrons. The number of hydrogen-bond donors (Lipinski definition) is 3. The molecule has 0 saturated heterocycles. The maximum absolute atomic E-state index is 11.6. The molecule has 0 bridgehead atoms. The van der Waals surface area contributed by atoms with Crippen LogP contribution in [-0.2, 0) is 14.4 Å². The Morgan fingerprint density at radius 2 is 1.69 bits per heavy atom. The molecule has 6 heteroatoms. The molecule has 0 aromatic heterocycles. The highest BCUT2D eigenvalue weighted by atomic mass is 16.2. The van der Waals surface area contributed by atoms with Crippen LogP contribution < -0.4 is 16.0 Å². The first-order chi connectivity index (χ1) is 7.47. The molecule has 1 unspecified atom stereocenters. The Morgan fingerprint density at radius 3 is 2.12 bits per heavy atom. The number of carbonyl (C=O) groups excluding carboxylic acids is 3. The van der Waals surface area contributed by atoms with Crippen LogP contribution in [0.1, 0.15) is 27.2 Å². The lowest BCUT2D eigenvalue weighted by molar-refractivity contribution is -0.128. The second-order valence-corrected chi connectivity index (χ2v) is 3.48. The van der Waals surface area contributed by atoms with E-state index in [-0.39, 0.29) is 24.3 Å². The lowest BCUT2D eigenvalue weighted by atomic mass is 10.2. The number of hydrogen-bond acceptors (Lipinski definition) is 3. The smallest absolute Gasteiger partial charge is 0.244 e. The summed E-state index contributed by atoms with van der Waals surface area (Å²) in [5.41, 5.74) is 0. The summed E-state index contributed by atoms with van der Waals surface area (Å²) in [5.74, 6) is -0.827. The van der Waals surface area contributed by atoms with E-state index in [9.17, 15) is 14.4 Å². The van der Waals surface area contributed by atoms with Gasteiger partial charge in [-0.25, -0.2) is 0 Å². The van der Waals surface area contributed by atoms with Crippen LogP contribution in [-0.4, -0.2) is 36.9 Å². The normalized spacial score (nSPS) is 11.4. The van der Waals surface area contributed by atoms with Crippen molar-refractivity contribution in [1.82, 2.24) is 16.0 Å². The SMILES string of the molecule is CCCNC(=O)C(CNC(C)=O)NC(C)=O. The van der Waals surface area contributed by atoms with Crippen LogP contribution in [0.2, 0.25) is 0 Å². The van der Waals surface area contributed by atoms with Crippen molar-refractivity contribution < 1.29 is 14.4 Å². The first-order valence-electron chi connectivity index (χ1n) is 5.26. The third-order valence-electron chi connectivity index (χ3n) is 1.80. The molecule has 0 aromatic rings. The largest absolute Gasteiger partial charge is 0.354 e. The summed E-state index contributed by atoms with van der Waals surface area (Å²) in [6.45, 7) is 5.27. The molecule has 0 aliphatic carbocycles. The van der Waals surface area contributed by atoms with E-state index in [2.05, 4.69) is 16.0 Å². The zero-order valence-electron chi connectivity index (χ0n) is 9.92. The van der Waals surface area contributed by atoms with Crippen molar-refractivity contribution in [3.05, 3.63) is 0 Å². The molecule has 0 spiro atoms. The minimum Gasteiger partial charge on any atom is -0.354 e. The van der Waals surface area contributed by atoms with Crippen molar-refractivity contribution in [3.8, 4) is 0 Å². The van der Waals surface area contributed by atoms with Gasteiger partial charge >= 0.3 is 0 Å². The average Bonchev–Trinajstić information content (AvgIpc) is 2.19. The van der Waals surface area contributed by atoms with E-state index < -0.39 is 6.04 Å². The van der Waals surface area contributed by atoms with Crippen molar-refractivity contribution in [1.29, 1.82) is 0 Å². The van der Waals surface area contributed by atoms with E-state index >= 15 is 0 Å². The fourth-order valence-corrected chi connectivity index (χ4v) is 1.07. The van der Waals surface area contributed by atoms with Crippen molar-refractivity contribution >= 4 is 17.7 Å². The van der Waals surface area contributed by atoms with Crippen LogP contribution in [0.5, 0.6) is 0 Å². The summed E-state index contributed by atoms with van der Waals surface area (Å²) < 4.78 is 0. The van der Waals surface area contributed by atoms with Gasteiger partial charge in [0.25, 0.3) is 0 Å². The van der Waals surface area contributed by atoms with Crippen molar-refractivity contribution in [2.75, 3.05) is 13.1 Å². The number of rotatable bonds is 6. The van der Waals surface area contributed by atoms with Crippen molar-refractivity contribution in [2.24, 2.45) is 0 Å². The van der Waals surface area contributed by atoms with Gasteiger partial charge in [-0.3, -0.25) is 14.4 Å². The standard InChI is InChI=1S/C10H19N3O3/c1-4-5-11-10(16)9(13-8(3)15)6-12-7(2)14/h9H,4-6H2,1-3H3,(H,11,16)(H,12,14)(H,13,15). The fraction of sp³-hybridized carbons (Fsp3) is 0.700. The molecule has 3 amide bonds. The number of carbonyl (C=O) groups is 3. The molecule has 0 aromatic carbocycles.